The molecule has 2 amide bonds. The van der Waals surface area contributed by atoms with Crippen LogP contribution in [-0.2, 0) is 20.8 Å². The van der Waals surface area contributed by atoms with Gasteiger partial charge < -0.3 is 25.5 Å². The second-order valence-electron chi connectivity index (χ2n) is 7.45. The number of phenolic OH excluding ortho intramolecular Hbond substituents is 2. The van der Waals surface area contributed by atoms with Crippen molar-refractivity contribution < 1.29 is 29.7 Å². The molecule has 4 N–H and O–H groups in total. The van der Waals surface area contributed by atoms with Crippen molar-refractivity contribution in [2.24, 2.45) is 0 Å². The molecular formula is C22H24N2O6S. The fraction of sp³-hybridized carbons (Fsp3) is 0.318. The van der Waals surface area contributed by atoms with Crippen LogP contribution >= 0.6 is 12.6 Å². The predicted octanol–water partition coefficient (Wildman–Crippen LogP) is 1.87. The first-order valence-corrected chi connectivity index (χ1v) is 10.3. The molecule has 3 rings (SSSR count). The number of carboxylic acid groups (broad SMARTS) is 1. The molecule has 1 unspecified atom stereocenters. The molecule has 0 radical (unpaired) electrons. The third-order valence-corrected chi connectivity index (χ3v) is 5.71. The highest BCUT2D eigenvalue weighted by Crippen LogP contribution is 2.37. The average Bonchev–Trinajstić information content (AvgIpc) is 3.19. The largest absolute Gasteiger partial charge is 0.508 e. The van der Waals surface area contributed by atoms with Crippen LogP contribution < -0.4 is 5.32 Å². The van der Waals surface area contributed by atoms with Gasteiger partial charge in [0.05, 0.1) is 17.8 Å². The van der Waals surface area contributed by atoms with Gasteiger partial charge in [-0.15, -0.1) is 0 Å². The van der Waals surface area contributed by atoms with Crippen LogP contribution in [0.4, 0.5) is 0 Å². The number of aliphatic carboxylic acids is 1. The van der Waals surface area contributed by atoms with E-state index in [-0.39, 0.29) is 24.5 Å². The number of amides is 2. The molecule has 164 valence electrons. The number of phenols is 2. The van der Waals surface area contributed by atoms with Crippen molar-refractivity contribution in [3.63, 3.8) is 0 Å². The van der Waals surface area contributed by atoms with Gasteiger partial charge in [0, 0.05) is 0 Å². The van der Waals surface area contributed by atoms with Crippen molar-refractivity contribution in [2.45, 2.75) is 36.6 Å². The Morgan fingerprint density at radius 1 is 1.06 bits per heavy atom. The first kappa shape index (κ1) is 22.5. The Morgan fingerprint density at radius 3 is 2.42 bits per heavy atom. The molecule has 2 aromatic rings. The molecule has 1 heterocycles. The first-order valence-electron chi connectivity index (χ1n) is 9.83. The number of carbonyl (C=O) groups excluding carboxylic acids is 2. The van der Waals surface area contributed by atoms with Gasteiger partial charge in [0.2, 0.25) is 11.8 Å². The van der Waals surface area contributed by atoms with Crippen molar-refractivity contribution in [1.82, 2.24) is 10.2 Å². The lowest BCUT2D eigenvalue weighted by atomic mass is 10.0. The van der Waals surface area contributed by atoms with Crippen LogP contribution in [0.1, 0.15) is 30.0 Å². The number of hydrogen-bond acceptors (Lipinski definition) is 6. The number of benzene rings is 2. The van der Waals surface area contributed by atoms with Crippen molar-refractivity contribution in [3.8, 4) is 11.5 Å². The molecule has 1 aliphatic rings. The number of rotatable bonds is 7. The van der Waals surface area contributed by atoms with Gasteiger partial charge in [-0.05, 0) is 54.7 Å². The van der Waals surface area contributed by atoms with Gasteiger partial charge in [-0.3, -0.25) is 9.59 Å². The summed E-state index contributed by atoms with van der Waals surface area (Å²) in [5.41, 5.74) is 1.44. The van der Waals surface area contributed by atoms with E-state index in [0.717, 1.165) is 5.56 Å². The number of nitrogens with zero attached hydrogens (tertiary/aromatic N) is 1. The first-order chi connectivity index (χ1) is 14.8. The lowest BCUT2D eigenvalue weighted by molar-refractivity contribution is -0.149. The standard InChI is InChI=1S/C22H24N2O6S/c25-15-6-4-13(5-7-15)10-19(31)21(28)23-12-20(27)24-17(8-9-18(24)22(29)30)14-2-1-3-16(26)11-14/h1-7,11,17-19,25-26,31H,8-10,12H2,(H,23,28)(H,29,30)/t17?,18-,19+/m0/s1. The molecular weight excluding hydrogens is 420 g/mol. The molecule has 9 heteroatoms. The van der Waals surface area contributed by atoms with Crippen molar-refractivity contribution in [2.75, 3.05) is 6.54 Å². The molecule has 8 nitrogen and oxygen atoms in total. The van der Waals surface area contributed by atoms with Crippen LogP contribution in [0, 0.1) is 0 Å². The predicted molar refractivity (Wildman–Crippen MR) is 116 cm³/mol. The average molecular weight is 445 g/mol. The minimum atomic E-state index is -1.11. The molecule has 2 aromatic carbocycles. The molecule has 1 aliphatic heterocycles. The molecule has 3 atom stereocenters. The zero-order chi connectivity index (χ0) is 22.5. The second-order valence-corrected chi connectivity index (χ2v) is 8.07. The summed E-state index contributed by atoms with van der Waals surface area (Å²) in [6, 6.07) is 11.3. The minimum absolute atomic E-state index is 0.0316. The van der Waals surface area contributed by atoms with Crippen molar-refractivity contribution in [1.29, 1.82) is 0 Å². The van der Waals surface area contributed by atoms with E-state index in [1.165, 1.54) is 29.2 Å². The van der Waals surface area contributed by atoms with E-state index >= 15 is 0 Å². The second kappa shape index (κ2) is 9.74. The Bertz CT molecular complexity index is 965. The van der Waals surface area contributed by atoms with Gasteiger partial charge in [0.25, 0.3) is 0 Å². The summed E-state index contributed by atoms with van der Waals surface area (Å²) in [6.45, 7) is -0.357. The van der Waals surface area contributed by atoms with E-state index in [4.69, 9.17) is 0 Å². The highest BCUT2D eigenvalue weighted by atomic mass is 32.1. The van der Waals surface area contributed by atoms with Crippen molar-refractivity contribution >= 4 is 30.4 Å². The normalized spacial score (nSPS) is 19.1. The lowest BCUT2D eigenvalue weighted by Crippen LogP contribution is -2.47. The fourth-order valence-corrected chi connectivity index (χ4v) is 4.08. The van der Waals surface area contributed by atoms with Gasteiger partial charge in [-0.1, -0.05) is 24.3 Å². The summed E-state index contributed by atoms with van der Waals surface area (Å²) in [4.78, 5) is 38.2. The van der Waals surface area contributed by atoms with Crippen LogP contribution in [0.2, 0.25) is 0 Å². The highest BCUT2D eigenvalue weighted by molar-refractivity contribution is 7.81. The van der Waals surface area contributed by atoms with Gasteiger partial charge in [-0.2, -0.15) is 12.6 Å². The summed E-state index contributed by atoms with van der Waals surface area (Å²) >= 11 is 4.29. The fourth-order valence-electron chi connectivity index (χ4n) is 3.78. The SMILES string of the molecule is O=C(NCC(=O)N1C(c2cccc(O)c2)CC[C@H]1C(=O)O)[C@H](S)Cc1ccc(O)cc1. The summed E-state index contributed by atoms with van der Waals surface area (Å²) in [5.74, 6) is -1.93. The zero-order valence-electron chi connectivity index (χ0n) is 16.6. The summed E-state index contributed by atoms with van der Waals surface area (Å²) in [5, 5.41) is 30.4. The van der Waals surface area contributed by atoms with E-state index in [0.29, 0.717) is 18.4 Å². The van der Waals surface area contributed by atoms with Crippen LogP contribution in [0.15, 0.2) is 48.5 Å². The van der Waals surface area contributed by atoms with Crippen LogP contribution in [-0.4, -0.2) is 55.8 Å². The Kier molecular flexibility index (Phi) is 7.06. The molecule has 0 aliphatic carbocycles. The van der Waals surface area contributed by atoms with Crippen LogP contribution in [0.25, 0.3) is 0 Å². The molecule has 0 bridgehead atoms. The maximum Gasteiger partial charge on any atom is 0.326 e. The van der Waals surface area contributed by atoms with Crippen molar-refractivity contribution in [3.05, 3.63) is 59.7 Å². The maximum atomic E-state index is 12.9. The summed E-state index contributed by atoms with van der Waals surface area (Å²) in [6.07, 6.45) is 1.03. The van der Waals surface area contributed by atoms with E-state index in [9.17, 15) is 29.7 Å². The van der Waals surface area contributed by atoms with Gasteiger partial charge in [-0.25, -0.2) is 4.79 Å². The van der Waals surface area contributed by atoms with E-state index < -0.39 is 35.1 Å². The van der Waals surface area contributed by atoms with E-state index in [1.54, 1.807) is 24.3 Å². The van der Waals surface area contributed by atoms with Crippen LogP contribution in [0.3, 0.4) is 0 Å². The Hall–Kier alpha value is -3.20. The van der Waals surface area contributed by atoms with Gasteiger partial charge in [0.1, 0.15) is 17.5 Å². The molecule has 1 saturated heterocycles. The zero-order valence-corrected chi connectivity index (χ0v) is 17.5. The lowest BCUT2D eigenvalue weighted by Gasteiger charge is -2.29. The van der Waals surface area contributed by atoms with E-state index in [1.807, 2.05) is 0 Å². The Balaban J connectivity index is 1.65. The smallest absolute Gasteiger partial charge is 0.326 e. The number of likely N-dealkylation sites (tertiary alicyclic amines) is 1. The number of nitrogens with one attached hydrogen (secondary N) is 1. The quantitative estimate of drug-likeness (QED) is 0.415. The molecule has 0 spiro atoms. The number of aromatic hydroxyl groups is 2. The third kappa shape index (κ3) is 5.49. The summed E-state index contributed by atoms with van der Waals surface area (Å²) < 4.78 is 0. The summed E-state index contributed by atoms with van der Waals surface area (Å²) in [7, 11) is 0. The highest BCUT2D eigenvalue weighted by Gasteiger charge is 2.41. The van der Waals surface area contributed by atoms with Gasteiger partial charge >= 0.3 is 5.97 Å². The Morgan fingerprint density at radius 2 is 1.77 bits per heavy atom. The third-order valence-electron chi connectivity index (χ3n) is 5.30. The topological polar surface area (TPSA) is 127 Å². The molecule has 0 saturated carbocycles. The molecule has 0 aromatic heterocycles. The minimum Gasteiger partial charge on any atom is -0.508 e. The van der Waals surface area contributed by atoms with E-state index in [2.05, 4.69) is 17.9 Å². The number of thiol groups is 1. The number of carbonyl (C=O) groups is 3. The molecule has 31 heavy (non-hydrogen) atoms. The maximum absolute atomic E-state index is 12.9. The monoisotopic (exact) mass is 444 g/mol. The van der Waals surface area contributed by atoms with Crippen LogP contribution in [0.5, 0.6) is 11.5 Å². The Labute approximate surface area is 184 Å². The molecule has 1 fully saturated rings. The van der Waals surface area contributed by atoms with Gasteiger partial charge in [0.15, 0.2) is 0 Å². The number of hydrogen-bond donors (Lipinski definition) is 5. The number of carboxylic acids is 1.